The Hall–Kier alpha value is -0.160. The lowest BCUT2D eigenvalue weighted by Gasteiger charge is -2.35. The zero-order valence-corrected chi connectivity index (χ0v) is 12.6. The van der Waals surface area contributed by atoms with Gasteiger partial charge in [0.2, 0.25) is 0 Å². The van der Waals surface area contributed by atoms with Crippen molar-refractivity contribution in [2.45, 2.75) is 39.9 Å². The van der Waals surface area contributed by atoms with Gasteiger partial charge in [0.25, 0.3) is 0 Å². The van der Waals surface area contributed by atoms with E-state index in [9.17, 15) is 0 Å². The maximum Gasteiger partial charge on any atom is 0.0678 e. The minimum atomic E-state index is 0.379. The van der Waals surface area contributed by atoms with Gasteiger partial charge in [-0.05, 0) is 26.9 Å². The van der Waals surface area contributed by atoms with Crippen LogP contribution in [-0.4, -0.2) is 74.4 Å². The SMILES string of the molecule is CCN(CC)CCNCCN1CC(C)OC(C)C1. The summed E-state index contributed by atoms with van der Waals surface area (Å²) in [5, 5.41) is 3.54. The van der Waals surface area contributed by atoms with Gasteiger partial charge in [-0.1, -0.05) is 13.8 Å². The molecule has 1 saturated heterocycles. The number of nitrogens with zero attached hydrogens (tertiary/aromatic N) is 2. The summed E-state index contributed by atoms with van der Waals surface area (Å²) in [6.45, 7) is 17.7. The van der Waals surface area contributed by atoms with Crippen LogP contribution in [-0.2, 0) is 4.74 Å². The molecule has 1 aliphatic heterocycles. The van der Waals surface area contributed by atoms with Gasteiger partial charge in [-0.3, -0.25) is 4.90 Å². The molecule has 0 aromatic carbocycles. The Bertz CT molecular complexity index is 199. The largest absolute Gasteiger partial charge is 0.373 e. The third-order valence-corrected chi connectivity index (χ3v) is 3.60. The quantitative estimate of drug-likeness (QED) is 0.657. The highest BCUT2D eigenvalue weighted by atomic mass is 16.5. The molecule has 18 heavy (non-hydrogen) atoms. The third-order valence-electron chi connectivity index (χ3n) is 3.60. The molecular formula is C14H31N3O. The number of ether oxygens (including phenoxy) is 1. The Morgan fingerprint density at radius 3 is 2.28 bits per heavy atom. The minimum absolute atomic E-state index is 0.379. The number of morpholine rings is 1. The van der Waals surface area contributed by atoms with Crippen molar-refractivity contribution in [1.82, 2.24) is 15.1 Å². The monoisotopic (exact) mass is 257 g/mol. The summed E-state index contributed by atoms with van der Waals surface area (Å²) in [7, 11) is 0. The number of hydrogen-bond acceptors (Lipinski definition) is 4. The Labute approximate surface area is 113 Å². The Morgan fingerprint density at radius 2 is 1.72 bits per heavy atom. The van der Waals surface area contributed by atoms with Gasteiger partial charge >= 0.3 is 0 Å². The van der Waals surface area contributed by atoms with Crippen LogP contribution in [0.3, 0.4) is 0 Å². The summed E-state index contributed by atoms with van der Waals surface area (Å²) >= 11 is 0. The van der Waals surface area contributed by atoms with Crippen molar-refractivity contribution in [3.63, 3.8) is 0 Å². The van der Waals surface area contributed by atoms with Crippen molar-refractivity contribution < 1.29 is 4.74 Å². The summed E-state index contributed by atoms with van der Waals surface area (Å²) in [4.78, 5) is 4.95. The van der Waals surface area contributed by atoms with Gasteiger partial charge in [0.1, 0.15) is 0 Å². The van der Waals surface area contributed by atoms with Crippen molar-refractivity contribution in [3.05, 3.63) is 0 Å². The zero-order valence-electron chi connectivity index (χ0n) is 12.6. The molecule has 1 fully saturated rings. The van der Waals surface area contributed by atoms with Crippen molar-refractivity contribution >= 4 is 0 Å². The van der Waals surface area contributed by atoms with Crippen LogP contribution in [0.2, 0.25) is 0 Å². The summed E-state index contributed by atoms with van der Waals surface area (Å²) in [6.07, 6.45) is 0.758. The zero-order chi connectivity index (χ0) is 13.4. The molecular weight excluding hydrogens is 226 g/mol. The van der Waals surface area contributed by atoms with E-state index in [0.29, 0.717) is 12.2 Å². The van der Waals surface area contributed by atoms with Gasteiger partial charge in [0, 0.05) is 39.3 Å². The highest BCUT2D eigenvalue weighted by Crippen LogP contribution is 2.09. The van der Waals surface area contributed by atoms with Crippen LogP contribution in [0.1, 0.15) is 27.7 Å². The van der Waals surface area contributed by atoms with Gasteiger partial charge in [-0.15, -0.1) is 0 Å². The summed E-state index contributed by atoms with van der Waals surface area (Å²) in [5.41, 5.74) is 0. The van der Waals surface area contributed by atoms with Crippen LogP contribution in [0.15, 0.2) is 0 Å². The van der Waals surface area contributed by atoms with E-state index in [1.165, 1.54) is 0 Å². The fraction of sp³-hybridized carbons (Fsp3) is 1.00. The number of rotatable bonds is 8. The Morgan fingerprint density at radius 1 is 1.11 bits per heavy atom. The van der Waals surface area contributed by atoms with Crippen LogP contribution < -0.4 is 5.32 Å². The highest BCUT2D eigenvalue weighted by molar-refractivity contribution is 4.73. The van der Waals surface area contributed by atoms with E-state index >= 15 is 0 Å². The molecule has 0 saturated carbocycles. The van der Waals surface area contributed by atoms with E-state index in [1.807, 2.05) is 0 Å². The molecule has 0 amide bonds. The molecule has 0 spiro atoms. The van der Waals surface area contributed by atoms with Gasteiger partial charge in [0.15, 0.2) is 0 Å². The van der Waals surface area contributed by atoms with Crippen LogP contribution in [0.4, 0.5) is 0 Å². The summed E-state index contributed by atoms with van der Waals surface area (Å²) in [6, 6.07) is 0. The first-order valence-corrected chi connectivity index (χ1v) is 7.46. The first kappa shape index (κ1) is 15.9. The molecule has 2 unspecified atom stereocenters. The van der Waals surface area contributed by atoms with Crippen molar-refractivity contribution in [3.8, 4) is 0 Å². The maximum absolute atomic E-state index is 5.74. The lowest BCUT2D eigenvalue weighted by molar-refractivity contribution is -0.0674. The molecule has 0 aromatic rings. The molecule has 0 aliphatic carbocycles. The summed E-state index contributed by atoms with van der Waals surface area (Å²) < 4.78 is 5.74. The average Bonchev–Trinajstić information content (AvgIpc) is 2.32. The second kappa shape index (κ2) is 8.86. The smallest absolute Gasteiger partial charge is 0.0678 e. The van der Waals surface area contributed by atoms with E-state index in [1.54, 1.807) is 0 Å². The van der Waals surface area contributed by atoms with Gasteiger partial charge < -0.3 is 15.0 Å². The molecule has 4 heteroatoms. The standard InChI is InChI=1S/C14H31N3O/c1-5-16(6-2)9-7-15-8-10-17-11-13(3)18-14(4)12-17/h13-15H,5-12H2,1-4H3. The van der Waals surface area contributed by atoms with E-state index in [2.05, 4.69) is 42.8 Å². The maximum atomic E-state index is 5.74. The topological polar surface area (TPSA) is 27.7 Å². The third kappa shape index (κ3) is 6.14. The highest BCUT2D eigenvalue weighted by Gasteiger charge is 2.21. The normalized spacial score (nSPS) is 25.8. The fourth-order valence-corrected chi connectivity index (χ4v) is 2.61. The van der Waals surface area contributed by atoms with Crippen LogP contribution in [0.25, 0.3) is 0 Å². The summed E-state index contributed by atoms with van der Waals surface area (Å²) in [5.74, 6) is 0. The van der Waals surface area contributed by atoms with Crippen molar-refractivity contribution in [1.29, 1.82) is 0 Å². The first-order valence-electron chi connectivity index (χ1n) is 7.46. The number of hydrogen-bond donors (Lipinski definition) is 1. The van der Waals surface area contributed by atoms with Crippen LogP contribution in [0, 0.1) is 0 Å². The molecule has 2 atom stereocenters. The van der Waals surface area contributed by atoms with E-state index in [0.717, 1.165) is 52.4 Å². The predicted octanol–water partition coefficient (Wildman–Crippen LogP) is 1.03. The average molecular weight is 257 g/mol. The fourth-order valence-electron chi connectivity index (χ4n) is 2.61. The van der Waals surface area contributed by atoms with Crippen molar-refractivity contribution in [2.24, 2.45) is 0 Å². The van der Waals surface area contributed by atoms with E-state index in [-0.39, 0.29) is 0 Å². The lowest BCUT2D eigenvalue weighted by Crippen LogP contribution is -2.47. The van der Waals surface area contributed by atoms with Crippen LogP contribution in [0.5, 0.6) is 0 Å². The lowest BCUT2D eigenvalue weighted by atomic mass is 10.2. The first-order chi connectivity index (χ1) is 8.65. The van der Waals surface area contributed by atoms with E-state index < -0.39 is 0 Å². The second-order valence-electron chi connectivity index (χ2n) is 5.29. The second-order valence-corrected chi connectivity index (χ2v) is 5.29. The molecule has 4 nitrogen and oxygen atoms in total. The molecule has 1 rings (SSSR count). The van der Waals surface area contributed by atoms with Gasteiger partial charge in [0.05, 0.1) is 12.2 Å². The Balaban J connectivity index is 2.03. The molecule has 1 heterocycles. The molecule has 1 N–H and O–H groups in total. The molecule has 0 radical (unpaired) electrons. The van der Waals surface area contributed by atoms with Gasteiger partial charge in [-0.25, -0.2) is 0 Å². The van der Waals surface area contributed by atoms with Crippen LogP contribution >= 0.6 is 0 Å². The van der Waals surface area contributed by atoms with Crippen molar-refractivity contribution in [2.75, 3.05) is 52.4 Å². The predicted molar refractivity (Wildman–Crippen MR) is 77.1 cm³/mol. The molecule has 1 aliphatic rings. The van der Waals surface area contributed by atoms with E-state index in [4.69, 9.17) is 4.74 Å². The number of likely N-dealkylation sites (N-methyl/N-ethyl adjacent to an activating group) is 1. The Kier molecular flexibility index (Phi) is 7.82. The van der Waals surface area contributed by atoms with Gasteiger partial charge in [-0.2, -0.15) is 0 Å². The minimum Gasteiger partial charge on any atom is -0.373 e. The molecule has 0 aromatic heterocycles. The number of nitrogens with one attached hydrogen (secondary N) is 1. The molecule has 108 valence electrons. The molecule has 0 bridgehead atoms.